The minimum atomic E-state index is 0.546. The fourth-order valence-electron chi connectivity index (χ4n) is 18.3. The molecule has 26 aromatic rings. The van der Waals surface area contributed by atoms with E-state index < -0.39 is 0 Å². The smallest absolute Gasteiger partial charge is 0.164 e. The van der Waals surface area contributed by atoms with Crippen molar-refractivity contribution in [2.24, 2.45) is 0 Å². The van der Waals surface area contributed by atoms with Crippen molar-refractivity contribution in [3.63, 3.8) is 0 Å². The van der Waals surface area contributed by atoms with Gasteiger partial charge in [-0.15, -0.1) is 0 Å². The lowest BCUT2D eigenvalue weighted by atomic mass is 9.93. The highest BCUT2D eigenvalue weighted by Gasteiger charge is 2.27. The molecule has 0 saturated heterocycles. The van der Waals surface area contributed by atoms with E-state index in [4.69, 9.17) is 56.4 Å². The summed E-state index contributed by atoms with van der Waals surface area (Å²) in [5, 5.41) is 12.3. The van der Waals surface area contributed by atoms with E-state index in [0.717, 1.165) is 232 Å². The average Bonchev–Trinajstić information content (AvgIpc) is 1.57. The zero-order valence-corrected chi connectivity index (χ0v) is 67.2. The highest BCUT2D eigenvalue weighted by Crippen LogP contribution is 2.50. The molecule has 0 N–H and O–H groups in total. The zero-order chi connectivity index (χ0) is 82.9. The standard InChI is InChI=1S/2C57H33N3O3/c1-3-14-34(15-4-1)35-28-30-37(31-29-35)56-58-55(36-16-5-2-6-17-36)59-57(60-56)45-24-13-27-50-51(45)47-33-38(39-20-11-21-42-40-18-7-9-25-48(40)61-52(39)42)32-46(54(47)63-50)44-23-12-22-43-41-19-8-10-26-49(41)62-53(43)44;1-3-12-34(13-4-1)35-22-24-37(25-23-35)56-58-55(36-14-5-2-6-15-36)59-57(60-56)45-18-11-21-50-53(45)47-31-40(38-26-28-43-41-16-7-9-19-48(41)61-51(43)32-38)30-46(54(47)63-50)39-27-29-44-42-17-8-10-20-49(42)62-52(44)33-39/h2*1-33H. The van der Waals surface area contributed by atoms with Crippen LogP contribution < -0.4 is 0 Å². The van der Waals surface area contributed by atoms with Gasteiger partial charge in [-0.3, -0.25) is 0 Å². The van der Waals surface area contributed by atoms with Crippen molar-refractivity contribution < 1.29 is 26.5 Å². The van der Waals surface area contributed by atoms with Crippen LogP contribution in [-0.4, -0.2) is 29.9 Å². The van der Waals surface area contributed by atoms with Crippen LogP contribution in [0.4, 0.5) is 0 Å². The molecule has 0 aliphatic carbocycles. The van der Waals surface area contributed by atoms with Gasteiger partial charge in [-0.2, -0.15) is 0 Å². The second-order valence-electron chi connectivity index (χ2n) is 31.8. The Labute approximate surface area is 718 Å². The maximum Gasteiger partial charge on any atom is 0.164 e. The van der Waals surface area contributed by atoms with Crippen LogP contribution in [0.2, 0.25) is 0 Å². The molecule has 0 amide bonds. The molecule has 0 radical (unpaired) electrons. The maximum atomic E-state index is 7.00. The molecule has 0 unspecified atom stereocenters. The maximum absolute atomic E-state index is 7.00. The highest BCUT2D eigenvalue weighted by molar-refractivity contribution is 6.21. The normalized spacial score (nSPS) is 11.8. The number of aromatic nitrogens is 6. The van der Waals surface area contributed by atoms with E-state index in [-0.39, 0.29) is 0 Å². The molecule has 12 nitrogen and oxygen atoms in total. The number of furan rings is 6. The van der Waals surface area contributed by atoms with Gasteiger partial charge in [0.05, 0.1) is 0 Å². The first kappa shape index (κ1) is 71.7. The molecule has 12 heteroatoms. The Morgan fingerprint density at radius 2 is 0.413 bits per heavy atom. The lowest BCUT2D eigenvalue weighted by Crippen LogP contribution is -2.00. The average molecular weight is 1620 g/mol. The monoisotopic (exact) mass is 1610 g/mol. The fourth-order valence-corrected chi connectivity index (χ4v) is 18.3. The molecule has 26 rings (SSSR count). The van der Waals surface area contributed by atoms with E-state index in [1.54, 1.807) is 0 Å². The lowest BCUT2D eigenvalue weighted by Gasteiger charge is -2.11. The first-order chi connectivity index (χ1) is 62.4. The molecule has 588 valence electrons. The second kappa shape index (κ2) is 29.3. The summed E-state index contributed by atoms with van der Waals surface area (Å²) in [5.74, 6) is 3.44. The van der Waals surface area contributed by atoms with Crippen LogP contribution in [0.15, 0.2) is 427 Å². The topological polar surface area (TPSA) is 156 Å². The Morgan fingerprint density at radius 3 is 0.889 bits per heavy atom. The van der Waals surface area contributed by atoms with Gasteiger partial charge in [0.25, 0.3) is 0 Å². The quantitative estimate of drug-likeness (QED) is 0.114. The largest absolute Gasteiger partial charge is 0.456 e. The van der Waals surface area contributed by atoms with Crippen molar-refractivity contribution in [3.05, 3.63) is 400 Å². The summed E-state index contributed by atoms with van der Waals surface area (Å²) in [5.41, 5.74) is 27.2. The van der Waals surface area contributed by atoms with Gasteiger partial charge in [0, 0.05) is 120 Å². The van der Waals surface area contributed by atoms with E-state index in [0.29, 0.717) is 34.9 Å². The van der Waals surface area contributed by atoms with Crippen LogP contribution >= 0.6 is 0 Å². The molecule has 0 spiro atoms. The third-order valence-corrected chi connectivity index (χ3v) is 24.3. The lowest BCUT2D eigenvalue weighted by molar-refractivity contribution is 0.665. The van der Waals surface area contributed by atoms with Crippen molar-refractivity contribution in [2.45, 2.75) is 0 Å². The van der Waals surface area contributed by atoms with Crippen LogP contribution in [0.3, 0.4) is 0 Å². The number of para-hydroxylation sites is 6. The van der Waals surface area contributed by atoms with E-state index in [1.165, 1.54) is 0 Å². The van der Waals surface area contributed by atoms with E-state index in [2.05, 4.69) is 237 Å². The fraction of sp³-hybridized carbons (Fsp3) is 0. The molecule has 8 heterocycles. The van der Waals surface area contributed by atoms with Crippen molar-refractivity contribution >= 4 is 132 Å². The van der Waals surface area contributed by atoms with E-state index in [1.807, 2.05) is 164 Å². The molecular formula is C114H66N6O6. The molecule has 0 fully saturated rings. The third kappa shape index (κ3) is 12.2. The van der Waals surface area contributed by atoms with E-state index in [9.17, 15) is 0 Å². The summed E-state index contributed by atoms with van der Waals surface area (Å²) in [6, 6.07) is 137. The predicted octanol–water partition coefficient (Wildman–Crippen LogP) is 31.1. The third-order valence-electron chi connectivity index (χ3n) is 24.3. The molecule has 0 aliphatic rings. The first-order valence-electron chi connectivity index (χ1n) is 42.0. The van der Waals surface area contributed by atoms with Crippen molar-refractivity contribution in [2.75, 3.05) is 0 Å². The Morgan fingerprint density at radius 1 is 0.127 bits per heavy atom. The molecule has 0 saturated carbocycles. The van der Waals surface area contributed by atoms with Crippen molar-refractivity contribution in [1.29, 1.82) is 0 Å². The van der Waals surface area contributed by atoms with Crippen LogP contribution in [-0.2, 0) is 0 Å². The minimum absolute atomic E-state index is 0.546. The van der Waals surface area contributed by atoms with Gasteiger partial charge in [-0.05, 0) is 129 Å². The van der Waals surface area contributed by atoms with Gasteiger partial charge in [0.1, 0.15) is 67.0 Å². The molecule has 8 aromatic heterocycles. The predicted molar refractivity (Wildman–Crippen MR) is 509 cm³/mol. The minimum Gasteiger partial charge on any atom is -0.456 e. The molecule has 18 aromatic carbocycles. The number of hydrogen-bond donors (Lipinski definition) is 0. The molecule has 0 aliphatic heterocycles. The molecule has 126 heavy (non-hydrogen) atoms. The number of fused-ring (bicyclic) bond motifs is 18. The van der Waals surface area contributed by atoms with Crippen molar-refractivity contribution in [3.8, 4) is 135 Å². The van der Waals surface area contributed by atoms with Gasteiger partial charge in [0.2, 0.25) is 0 Å². The Kier molecular flexibility index (Phi) is 16.7. The number of hydrogen-bond acceptors (Lipinski definition) is 12. The van der Waals surface area contributed by atoms with Crippen LogP contribution in [0, 0.1) is 0 Å². The second-order valence-corrected chi connectivity index (χ2v) is 31.8. The van der Waals surface area contributed by atoms with Crippen LogP contribution in [0.1, 0.15) is 0 Å². The Bertz CT molecular complexity index is 8830. The van der Waals surface area contributed by atoms with Gasteiger partial charge in [-0.1, -0.05) is 315 Å². The summed E-state index contributed by atoms with van der Waals surface area (Å²) in [4.78, 5) is 31.0. The highest BCUT2D eigenvalue weighted by atomic mass is 16.4. The summed E-state index contributed by atoms with van der Waals surface area (Å²) in [6.07, 6.45) is 0. The van der Waals surface area contributed by atoms with Crippen molar-refractivity contribution in [1.82, 2.24) is 29.9 Å². The van der Waals surface area contributed by atoms with Gasteiger partial charge in [-0.25, -0.2) is 29.9 Å². The van der Waals surface area contributed by atoms with Crippen LogP contribution in [0.5, 0.6) is 0 Å². The summed E-state index contributed by atoms with van der Waals surface area (Å²) in [7, 11) is 0. The van der Waals surface area contributed by atoms with Gasteiger partial charge in [0.15, 0.2) is 34.9 Å². The number of benzene rings is 18. The molecular weight excluding hydrogens is 1550 g/mol. The van der Waals surface area contributed by atoms with Gasteiger partial charge < -0.3 is 26.5 Å². The summed E-state index contributed by atoms with van der Waals surface area (Å²) in [6.45, 7) is 0. The zero-order valence-electron chi connectivity index (χ0n) is 67.2. The first-order valence-corrected chi connectivity index (χ1v) is 42.0. The van der Waals surface area contributed by atoms with Crippen LogP contribution in [0.25, 0.3) is 267 Å². The number of rotatable bonds is 12. The Balaban J connectivity index is 0.000000137. The SMILES string of the molecule is c1ccc(-c2ccc(-c3nc(-c4ccccc4)nc(-c4cccc5oc6c(-c7ccc8c(c7)oc7ccccc78)cc(-c7ccc8c(c7)oc7ccccc78)cc6c45)n3)cc2)cc1.c1ccc(-c2ccc(-c3nc(-c4ccccc4)nc(-c4cccc5oc6c(-c7cccc8c7oc7ccccc78)cc(-c7cccc8c7oc7ccccc78)cc6c45)n3)cc2)cc1. The Hall–Kier alpha value is -17.2. The molecule has 0 bridgehead atoms. The summed E-state index contributed by atoms with van der Waals surface area (Å²) < 4.78 is 40.1. The summed E-state index contributed by atoms with van der Waals surface area (Å²) >= 11 is 0. The van der Waals surface area contributed by atoms with Gasteiger partial charge >= 0.3 is 0 Å². The molecule has 0 atom stereocenters. The number of nitrogens with zero attached hydrogens (tertiary/aromatic N) is 6. The van der Waals surface area contributed by atoms with E-state index >= 15 is 0 Å².